The fourth-order valence-electron chi connectivity index (χ4n) is 1.82. The van der Waals surface area contributed by atoms with E-state index in [4.69, 9.17) is 4.74 Å². The van der Waals surface area contributed by atoms with Crippen LogP contribution in [-0.2, 0) is 0 Å². The Labute approximate surface area is 120 Å². The first-order valence-electron chi connectivity index (χ1n) is 6.68. The van der Waals surface area contributed by atoms with Crippen LogP contribution >= 0.6 is 0 Å². The molecule has 0 aliphatic carbocycles. The van der Waals surface area contributed by atoms with Crippen molar-refractivity contribution in [2.75, 3.05) is 26.0 Å². The van der Waals surface area contributed by atoms with E-state index in [1.54, 1.807) is 6.20 Å². The first kappa shape index (κ1) is 14.3. The average Bonchev–Trinajstić information content (AvgIpc) is 2.47. The van der Waals surface area contributed by atoms with Crippen LogP contribution in [0.1, 0.15) is 18.7 Å². The van der Waals surface area contributed by atoms with E-state index in [2.05, 4.69) is 17.2 Å². The summed E-state index contributed by atoms with van der Waals surface area (Å²) in [5.74, 6) is 1.56. The molecule has 1 atom stereocenters. The number of anilines is 1. The van der Waals surface area contributed by atoms with E-state index in [0.717, 1.165) is 22.9 Å². The predicted octanol–water partition coefficient (Wildman–Crippen LogP) is 3.22. The maximum Gasteiger partial charge on any atom is 0.145 e. The smallest absolute Gasteiger partial charge is 0.145 e. The van der Waals surface area contributed by atoms with E-state index >= 15 is 0 Å². The highest BCUT2D eigenvalue weighted by Crippen LogP contribution is 2.25. The fourth-order valence-corrected chi connectivity index (χ4v) is 1.82. The minimum atomic E-state index is 0.237. The van der Waals surface area contributed by atoms with Crippen LogP contribution in [0.2, 0.25) is 0 Å². The molecule has 1 unspecified atom stereocenters. The maximum atomic E-state index is 5.83. The minimum absolute atomic E-state index is 0.237. The molecule has 0 aliphatic rings. The third kappa shape index (κ3) is 3.48. The van der Waals surface area contributed by atoms with Gasteiger partial charge in [0, 0.05) is 31.9 Å². The van der Waals surface area contributed by atoms with Crippen molar-refractivity contribution >= 4 is 5.69 Å². The molecule has 0 amide bonds. The molecular weight excluding hydrogens is 250 g/mol. The highest BCUT2D eigenvalue weighted by molar-refractivity contribution is 5.50. The molecule has 0 aliphatic heterocycles. The van der Waals surface area contributed by atoms with Gasteiger partial charge in [-0.25, -0.2) is 0 Å². The molecule has 2 rings (SSSR count). The van der Waals surface area contributed by atoms with Gasteiger partial charge in [-0.15, -0.1) is 0 Å². The number of benzene rings is 1. The van der Waals surface area contributed by atoms with E-state index in [0.29, 0.717) is 0 Å². The third-order valence-electron chi connectivity index (χ3n) is 3.21. The Morgan fingerprint density at radius 2 is 1.95 bits per heavy atom. The first-order valence-corrected chi connectivity index (χ1v) is 6.68. The van der Waals surface area contributed by atoms with E-state index in [-0.39, 0.29) is 6.04 Å². The molecule has 0 bridgehead atoms. The summed E-state index contributed by atoms with van der Waals surface area (Å²) < 4.78 is 5.83. The average molecular weight is 271 g/mol. The van der Waals surface area contributed by atoms with E-state index < -0.39 is 0 Å². The van der Waals surface area contributed by atoms with Gasteiger partial charge < -0.3 is 15.0 Å². The molecule has 2 aromatic rings. The van der Waals surface area contributed by atoms with Crippen LogP contribution in [0.4, 0.5) is 5.69 Å². The van der Waals surface area contributed by atoms with Crippen molar-refractivity contribution in [3.05, 3.63) is 48.3 Å². The van der Waals surface area contributed by atoms with Crippen molar-refractivity contribution in [2.45, 2.75) is 13.0 Å². The largest absolute Gasteiger partial charge is 0.456 e. The summed E-state index contributed by atoms with van der Waals surface area (Å²) in [5.41, 5.74) is 2.11. The molecule has 4 heteroatoms. The second-order valence-corrected chi connectivity index (χ2v) is 4.92. The van der Waals surface area contributed by atoms with Gasteiger partial charge in [-0.1, -0.05) is 6.07 Å². The monoisotopic (exact) mass is 271 g/mol. The van der Waals surface area contributed by atoms with E-state index in [1.165, 1.54) is 0 Å². The van der Waals surface area contributed by atoms with Crippen LogP contribution in [0.15, 0.2) is 42.6 Å². The molecule has 1 N–H and O–H groups in total. The number of rotatable bonds is 5. The second-order valence-electron chi connectivity index (χ2n) is 4.92. The lowest BCUT2D eigenvalue weighted by atomic mass is 10.2. The standard InChI is InChI=1S/C16H21N3O/c1-12(17-2)16-9-8-15(11-18-16)20-14-7-5-6-13(10-14)19(3)4/h5-12,17H,1-4H3. The van der Waals surface area contributed by atoms with Gasteiger partial charge >= 0.3 is 0 Å². The predicted molar refractivity (Wildman–Crippen MR) is 82.6 cm³/mol. The molecule has 0 saturated heterocycles. The number of hydrogen-bond donors (Lipinski definition) is 1. The zero-order valence-corrected chi connectivity index (χ0v) is 12.4. The topological polar surface area (TPSA) is 37.4 Å². The van der Waals surface area contributed by atoms with Crippen molar-refractivity contribution in [1.29, 1.82) is 0 Å². The Balaban J connectivity index is 2.12. The Kier molecular flexibility index (Phi) is 4.58. The van der Waals surface area contributed by atoms with E-state index in [9.17, 15) is 0 Å². The SMILES string of the molecule is CNC(C)c1ccc(Oc2cccc(N(C)C)c2)cn1. The summed E-state index contributed by atoms with van der Waals surface area (Å²) in [5, 5.41) is 3.16. The summed E-state index contributed by atoms with van der Waals surface area (Å²) in [6.45, 7) is 2.07. The number of nitrogens with zero attached hydrogens (tertiary/aromatic N) is 2. The maximum absolute atomic E-state index is 5.83. The van der Waals surface area contributed by atoms with Crippen molar-refractivity contribution < 1.29 is 4.74 Å². The second kappa shape index (κ2) is 6.39. The van der Waals surface area contributed by atoms with Gasteiger partial charge in [-0.2, -0.15) is 0 Å². The highest BCUT2D eigenvalue weighted by atomic mass is 16.5. The zero-order valence-electron chi connectivity index (χ0n) is 12.4. The van der Waals surface area contributed by atoms with Crippen molar-refractivity contribution in [1.82, 2.24) is 10.3 Å². The van der Waals surface area contributed by atoms with Crippen molar-refractivity contribution in [3.8, 4) is 11.5 Å². The molecule has 1 aromatic carbocycles. The summed E-state index contributed by atoms with van der Waals surface area (Å²) in [7, 11) is 5.94. The van der Waals surface area contributed by atoms with Gasteiger partial charge in [-0.05, 0) is 38.2 Å². The lowest BCUT2D eigenvalue weighted by Crippen LogP contribution is -2.13. The van der Waals surface area contributed by atoms with Crippen LogP contribution < -0.4 is 15.0 Å². The van der Waals surface area contributed by atoms with Gasteiger partial charge in [0.1, 0.15) is 11.5 Å². The molecule has 0 spiro atoms. The number of aromatic nitrogens is 1. The van der Waals surface area contributed by atoms with Crippen LogP contribution in [0.5, 0.6) is 11.5 Å². The fraction of sp³-hybridized carbons (Fsp3) is 0.312. The number of pyridine rings is 1. The molecule has 20 heavy (non-hydrogen) atoms. The van der Waals surface area contributed by atoms with Gasteiger partial charge in [-0.3, -0.25) is 4.98 Å². The molecular formula is C16H21N3O. The van der Waals surface area contributed by atoms with Crippen LogP contribution in [0.3, 0.4) is 0 Å². The number of nitrogens with one attached hydrogen (secondary N) is 1. The Hall–Kier alpha value is -2.07. The molecule has 1 aromatic heterocycles. The third-order valence-corrected chi connectivity index (χ3v) is 3.21. The van der Waals surface area contributed by atoms with Gasteiger partial charge in [0.25, 0.3) is 0 Å². The van der Waals surface area contributed by atoms with Crippen molar-refractivity contribution in [2.24, 2.45) is 0 Å². The van der Waals surface area contributed by atoms with Gasteiger partial charge in [0.05, 0.1) is 11.9 Å². The quantitative estimate of drug-likeness (QED) is 0.906. The summed E-state index contributed by atoms with van der Waals surface area (Å²) in [4.78, 5) is 6.45. The first-order chi connectivity index (χ1) is 9.60. The number of hydrogen-bond acceptors (Lipinski definition) is 4. The zero-order chi connectivity index (χ0) is 14.5. The molecule has 0 fully saturated rings. The van der Waals surface area contributed by atoms with Gasteiger partial charge in [0.15, 0.2) is 0 Å². The van der Waals surface area contributed by atoms with Crippen LogP contribution in [0, 0.1) is 0 Å². The normalized spacial score (nSPS) is 12.0. The molecule has 1 heterocycles. The molecule has 0 saturated carbocycles. The summed E-state index contributed by atoms with van der Waals surface area (Å²) in [6.07, 6.45) is 1.76. The Morgan fingerprint density at radius 1 is 1.15 bits per heavy atom. The van der Waals surface area contributed by atoms with Crippen LogP contribution in [-0.4, -0.2) is 26.1 Å². The van der Waals surface area contributed by atoms with Crippen molar-refractivity contribution in [3.63, 3.8) is 0 Å². The van der Waals surface area contributed by atoms with Crippen LogP contribution in [0.25, 0.3) is 0 Å². The summed E-state index contributed by atoms with van der Waals surface area (Å²) in [6, 6.07) is 12.1. The minimum Gasteiger partial charge on any atom is -0.456 e. The molecule has 0 radical (unpaired) electrons. The lowest BCUT2D eigenvalue weighted by molar-refractivity contribution is 0.478. The summed E-state index contributed by atoms with van der Waals surface area (Å²) >= 11 is 0. The Bertz CT molecular complexity index is 552. The highest BCUT2D eigenvalue weighted by Gasteiger charge is 2.05. The molecule has 106 valence electrons. The van der Waals surface area contributed by atoms with Gasteiger partial charge in [0.2, 0.25) is 0 Å². The lowest BCUT2D eigenvalue weighted by Gasteiger charge is -2.14. The number of ether oxygens (including phenoxy) is 1. The van der Waals surface area contributed by atoms with E-state index in [1.807, 2.05) is 62.4 Å². The Morgan fingerprint density at radius 3 is 2.55 bits per heavy atom. The molecule has 4 nitrogen and oxygen atoms in total.